The van der Waals surface area contributed by atoms with Gasteiger partial charge in [0.2, 0.25) is 5.91 Å². The Kier molecular flexibility index (Phi) is 7.75. The molecule has 0 bridgehead atoms. The van der Waals surface area contributed by atoms with E-state index < -0.39 is 11.9 Å². The maximum absolute atomic E-state index is 13.2. The smallest absolute Gasteiger partial charge is 0.234 e. The summed E-state index contributed by atoms with van der Waals surface area (Å²) >= 11 is 7.32. The first-order valence-electron chi connectivity index (χ1n) is 9.52. The number of nitrogens with one attached hydrogen (secondary N) is 1. The van der Waals surface area contributed by atoms with Crippen molar-refractivity contribution in [3.8, 4) is 11.5 Å². The highest BCUT2D eigenvalue weighted by Crippen LogP contribution is 2.30. The fourth-order valence-electron chi connectivity index (χ4n) is 2.85. The molecule has 0 aliphatic rings. The lowest BCUT2D eigenvalue weighted by atomic mass is 10.3. The molecule has 1 atom stereocenters. The summed E-state index contributed by atoms with van der Waals surface area (Å²) in [5, 5.41) is 12.0. The molecule has 1 heterocycles. The van der Waals surface area contributed by atoms with E-state index in [0.717, 1.165) is 0 Å². The summed E-state index contributed by atoms with van der Waals surface area (Å²) < 4.78 is 26.1. The molecule has 164 valence electrons. The summed E-state index contributed by atoms with van der Waals surface area (Å²) in [5.74, 6) is 1.15. The largest absolute Gasteiger partial charge is 0.497 e. The van der Waals surface area contributed by atoms with Gasteiger partial charge in [-0.25, -0.2) is 4.39 Å². The van der Waals surface area contributed by atoms with Crippen molar-refractivity contribution in [2.45, 2.75) is 31.7 Å². The summed E-state index contributed by atoms with van der Waals surface area (Å²) in [6.45, 7) is 4.34. The first kappa shape index (κ1) is 22.9. The summed E-state index contributed by atoms with van der Waals surface area (Å²) in [4.78, 5) is 12.3. The van der Waals surface area contributed by atoms with Crippen LogP contribution in [0.15, 0.2) is 47.6 Å². The van der Waals surface area contributed by atoms with Crippen LogP contribution in [0.2, 0.25) is 5.02 Å². The van der Waals surface area contributed by atoms with Crippen molar-refractivity contribution in [3.63, 3.8) is 0 Å². The van der Waals surface area contributed by atoms with Crippen LogP contribution in [0.4, 0.5) is 10.1 Å². The molecule has 3 aromatic rings. The van der Waals surface area contributed by atoms with Gasteiger partial charge in [0.15, 0.2) is 17.1 Å². The second-order valence-electron chi connectivity index (χ2n) is 6.49. The van der Waals surface area contributed by atoms with E-state index in [1.54, 1.807) is 38.3 Å². The summed E-state index contributed by atoms with van der Waals surface area (Å²) in [7, 11) is 1.57. The quantitative estimate of drug-likeness (QED) is 0.450. The molecule has 1 amide bonds. The first-order chi connectivity index (χ1) is 14.9. The number of methoxy groups -OCH3 is 1. The van der Waals surface area contributed by atoms with Crippen LogP contribution in [0, 0.1) is 5.82 Å². The fraction of sp³-hybridized carbons (Fsp3) is 0.286. The molecule has 7 nitrogen and oxygen atoms in total. The average Bonchev–Trinajstić information content (AvgIpc) is 3.17. The number of amides is 1. The van der Waals surface area contributed by atoms with Gasteiger partial charge in [-0.15, -0.1) is 10.2 Å². The summed E-state index contributed by atoms with van der Waals surface area (Å²) in [5.41, 5.74) is 0.654. The van der Waals surface area contributed by atoms with Crippen LogP contribution < -0.4 is 14.8 Å². The zero-order chi connectivity index (χ0) is 22.4. The van der Waals surface area contributed by atoms with E-state index in [1.807, 2.05) is 11.5 Å². The molecule has 1 unspecified atom stereocenters. The van der Waals surface area contributed by atoms with Crippen molar-refractivity contribution in [2.75, 3.05) is 18.2 Å². The topological polar surface area (TPSA) is 78.3 Å². The number of carbonyl (C=O) groups is 1. The highest BCUT2D eigenvalue weighted by atomic mass is 35.5. The van der Waals surface area contributed by atoms with Gasteiger partial charge in [-0.05, 0) is 44.2 Å². The number of benzene rings is 2. The van der Waals surface area contributed by atoms with Gasteiger partial charge < -0.3 is 19.4 Å². The first-order valence-corrected chi connectivity index (χ1v) is 10.9. The Hall–Kier alpha value is -2.78. The molecule has 2 aromatic carbocycles. The van der Waals surface area contributed by atoms with Crippen LogP contribution in [-0.4, -0.2) is 33.5 Å². The zero-order valence-corrected chi connectivity index (χ0v) is 18.8. The van der Waals surface area contributed by atoms with Crippen molar-refractivity contribution >= 4 is 35.0 Å². The standard InChI is InChI=1S/C21H22ClFN4O3S/c1-4-27-20(13(2)30-18-9-8-14(23)10-17(18)22)25-26-21(27)31-12-19(28)24-15-6-5-7-16(11-15)29-3/h5-11,13H,4,12H2,1-3H3,(H,24,28). The van der Waals surface area contributed by atoms with Crippen LogP contribution in [-0.2, 0) is 11.3 Å². The van der Waals surface area contributed by atoms with E-state index in [1.165, 1.54) is 30.0 Å². The predicted octanol–water partition coefficient (Wildman–Crippen LogP) is 4.97. The Labute approximate surface area is 188 Å². The minimum absolute atomic E-state index is 0.161. The maximum atomic E-state index is 13.2. The third-order valence-corrected chi connectivity index (χ3v) is 5.57. The number of hydrogen-bond donors (Lipinski definition) is 1. The molecule has 10 heteroatoms. The number of carbonyl (C=O) groups excluding carboxylic acids is 1. The van der Waals surface area contributed by atoms with Crippen molar-refractivity contribution < 1.29 is 18.7 Å². The number of aromatic nitrogens is 3. The Balaban J connectivity index is 1.64. The molecule has 0 aliphatic heterocycles. The molecule has 0 spiro atoms. The Morgan fingerprint density at radius 2 is 2.10 bits per heavy atom. The molecular weight excluding hydrogens is 443 g/mol. The Morgan fingerprint density at radius 3 is 2.81 bits per heavy atom. The highest BCUT2D eigenvalue weighted by molar-refractivity contribution is 7.99. The van der Waals surface area contributed by atoms with Crippen molar-refractivity contribution in [1.29, 1.82) is 0 Å². The lowest BCUT2D eigenvalue weighted by molar-refractivity contribution is -0.113. The van der Waals surface area contributed by atoms with Gasteiger partial charge in [0.05, 0.1) is 17.9 Å². The van der Waals surface area contributed by atoms with Crippen LogP contribution in [0.5, 0.6) is 11.5 Å². The van der Waals surface area contributed by atoms with Gasteiger partial charge in [0, 0.05) is 18.3 Å². The second-order valence-corrected chi connectivity index (χ2v) is 7.84. The van der Waals surface area contributed by atoms with E-state index >= 15 is 0 Å². The van der Waals surface area contributed by atoms with Crippen molar-refractivity contribution in [3.05, 3.63) is 59.1 Å². The zero-order valence-electron chi connectivity index (χ0n) is 17.3. The van der Waals surface area contributed by atoms with Crippen LogP contribution in [0.25, 0.3) is 0 Å². The number of nitrogens with zero attached hydrogens (tertiary/aromatic N) is 3. The van der Waals surface area contributed by atoms with Crippen LogP contribution >= 0.6 is 23.4 Å². The molecule has 0 aliphatic carbocycles. The van der Waals surface area contributed by atoms with Crippen LogP contribution in [0.1, 0.15) is 25.8 Å². The molecule has 1 aromatic heterocycles. The number of halogens is 2. The average molecular weight is 465 g/mol. The number of ether oxygens (including phenoxy) is 2. The lowest BCUT2D eigenvalue weighted by Crippen LogP contribution is -2.15. The number of hydrogen-bond acceptors (Lipinski definition) is 6. The van der Waals surface area contributed by atoms with Gasteiger partial charge in [-0.2, -0.15) is 0 Å². The third kappa shape index (κ3) is 5.89. The van der Waals surface area contributed by atoms with E-state index in [0.29, 0.717) is 34.7 Å². The third-order valence-electron chi connectivity index (χ3n) is 4.31. The molecule has 3 rings (SSSR count). The number of rotatable bonds is 9. The van der Waals surface area contributed by atoms with Gasteiger partial charge in [0.1, 0.15) is 17.3 Å². The molecule has 0 saturated carbocycles. The molecule has 31 heavy (non-hydrogen) atoms. The molecule has 0 fully saturated rings. The van der Waals surface area contributed by atoms with Crippen LogP contribution in [0.3, 0.4) is 0 Å². The fourth-order valence-corrected chi connectivity index (χ4v) is 3.87. The minimum Gasteiger partial charge on any atom is -0.497 e. The number of thioether (sulfide) groups is 1. The minimum atomic E-state index is -0.477. The van der Waals surface area contributed by atoms with Crippen molar-refractivity contribution in [1.82, 2.24) is 14.8 Å². The molecule has 1 N–H and O–H groups in total. The van der Waals surface area contributed by atoms with Gasteiger partial charge in [-0.3, -0.25) is 4.79 Å². The summed E-state index contributed by atoms with van der Waals surface area (Å²) in [6.07, 6.45) is -0.477. The maximum Gasteiger partial charge on any atom is 0.234 e. The second kappa shape index (κ2) is 10.5. The monoisotopic (exact) mass is 464 g/mol. The normalized spacial score (nSPS) is 11.8. The number of anilines is 1. The Morgan fingerprint density at radius 1 is 1.29 bits per heavy atom. The highest BCUT2D eigenvalue weighted by Gasteiger charge is 2.20. The van der Waals surface area contributed by atoms with E-state index in [9.17, 15) is 9.18 Å². The molecular formula is C21H22ClFN4O3S. The van der Waals surface area contributed by atoms with Gasteiger partial charge in [-0.1, -0.05) is 29.4 Å². The van der Waals surface area contributed by atoms with Gasteiger partial charge in [0.25, 0.3) is 0 Å². The lowest BCUT2D eigenvalue weighted by Gasteiger charge is -2.16. The van der Waals surface area contributed by atoms with E-state index in [-0.39, 0.29) is 16.7 Å². The SMILES string of the molecule is CCn1c(SCC(=O)Nc2cccc(OC)c2)nnc1C(C)Oc1ccc(F)cc1Cl. The summed E-state index contributed by atoms with van der Waals surface area (Å²) in [6, 6.07) is 11.1. The van der Waals surface area contributed by atoms with E-state index in [2.05, 4.69) is 15.5 Å². The molecule has 0 radical (unpaired) electrons. The van der Waals surface area contributed by atoms with Gasteiger partial charge >= 0.3 is 0 Å². The Bertz CT molecular complexity index is 1060. The van der Waals surface area contributed by atoms with Crippen molar-refractivity contribution in [2.24, 2.45) is 0 Å². The van der Waals surface area contributed by atoms with E-state index in [4.69, 9.17) is 21.1 Å². The molecule has 0 saturated heterocycles. The predicted molar refractivity (Wildman–Crippen MR) is 118 cm³/mol.